The van der Waals surface area contributed by atoms with Gasteiger partial charge in [0, 0.05) is 6.04 Å². The van der Waals surface area contributed by atoms with Crippen molar-refractivity contribution in [2.24, 2.45) is 0 Å². The third-order valence-electron chi connectivity index (χ3n) is 4.00. The molecule has 0 saturated carbocycles. The van der Waals surface area contributed by atoms with Crippen LogP contribution in [-0.2, 0) is 9.59 Å². The van der Waals surface area contributed by atoms with Gasteiger partial charge in [-0.3, -0.25) is 14.6 Å². The minimum atomic E-state index is -0.307. The van der Waals surface area contributed by atoms with E-state index in [4.69, 9.17) is 4.74 Å². The van der Waals surface area contributed by atoms with Crippen molar-refractivity contribution in [3.8, 4) is 5.75 Å². The van der Waals surface area contributed by atoms with E-state index in [9.17, 15) is 9.59 Å². The quantitative estimate of drug-likeness (QED) is 0.869. The summed E-state index contributed by atoms with van der Waals surface area (Å²) >= 11 is 0. The molecule has 1 aliphatic heterocycles. The number of carbonyl (C=O) groups excluding carboxylic acids is 2. The maximum absolute atomic E-state index is 12.8. The van der Waals surface area contributed by atoms with E-state index < -0.39 is 0 Å². The van der Waals surface area contributed by atoms with Crippen molar-refractivity contribution in [2.45, 2.75) is 26.3 Å². The zero-order valence-electron chi connectivity index (χ0n) is 14.5. The van der Waals surface area contributed by atoms with Gasteiger partial charge in [0.2, 0.25) is 5.91 Å². The molecule has 6 nitrogen and oxygen atoms in total. The summed E-state index contributed by atoms with van der Waals surface area (Å²) in [4.78, 5) is 24.8. The minimum Gasteiger partial charge on any atom is -0.497 e. The number of benzene rings is 2. The van der Waals surface area contributed by atoms with Crippen molar-refractivity contribution >= 4 is 28.9 Å². The molecule has 1 heterocycles. The topological polar surface area (TPSA) is 61.9 Å². The van der Waals surface area contributed by atoms with Crippen LogP contribution in [0.1, 0.15) is 20.3 Å². The Morgan fingerprint density at radius 1 is 1.08 bits per heavy atom. The van der Waals surface area contributed by atoms with Gasteiger partial charge in [-0.25, -0.2) is 5.01 Å². The number of hydrogen-bond acceptors (Lipinski definition) is 4. The molecule has 1 aliphatic rings. The third-order valence-corrected chi connectivity index (χ3v) is 4.00. The number of hydrazine groups is 1. The summed E-state index contributed by atoms with van der Waals surface area (Å²) in [6.07, 6.45) is -0.200. The van der Waals surface area contributed by atoms with E-state index in [0.29, 0.717) is 11.4 Å². The average Bonchev–Trinajstić information content (AvgIpc) is 2.71. The predicted molar refractivity (Wildman–Crippen MR) is 97.8 cm³/mol. The van der Waals surface area contributed by atoms with Gasteiger partial charge >= 0.3 is 0 Å². The smallest absolute Gasteiger partial charge is 0.255 e. The normalized spacial score (nSPS) is 14.0. The van der Waals surface area contributed by atoms with Gasteiger partial charge in [0.05, 0.1) is 24.2 Å². The molecule has 6 heteroatoms. The fourth-order valence-electron chi connectivity index (χ4n) is 2.92. The molecule has 0 bridgehead atoms. The molecular formula is C19H21N3O3. The molecule has 130 valence electrons. The molecule has 0 radical (unpaired) electrons. The summed E-state index contributed by atoms with van der Waals surface area (Å²) < 4.78 is 5.21. The lowest BCUT2D eigenvalue weighted by Crippen LogP contribution is -2.50. The molecule has 0 saturated heterocycles. The molecular weight excluding hydrogens is 318 g/mol. The first kappa shape index (κ1) is 16.8. The SMILES string of the molecule is COc1ccc(N(C(C)C)N2C(=O)CC(=O)Nc3ccccc32)cc1. The molecule has 0 aromatic heterocycles. The van der Waals surface area contributed by atoms with Gasteiger partial charge in [-0.05, 0) is 50.2 Å². The van der Waals surface area contributed by atoms with Crippen LogP contribution in [-0.4, -0.2) is 25.0 Å². The first-order valence-corrected chi connectivity index (χ1v) is 8.16. The fourth-order valence-corrected chi connectivity index (χ4v) is 2.92. The Labute approximate surface area is 147 Å². The number of methoxy groups -OCH3 is 1. The number of nitrogens with one attached hydrogen (secondary N) is 1. The van der Waals surface area contributed by atoms with Crippen LogP contribution in [0.2, 0.25) is 0 Å². The van der Waals surface area contributed by atoms with E-state index in [1.807, 2.05) is 61.3 Å². The number of amides is 2. The molecule has 0 atom stereocenters. The van der Waals surface area contributed by atoms with Crippen LogP contribution in [0, 0.1) is 0 Å². The summed E-state index contributed by atoms with van der Waals surface area (Å²) in [6.45, 7) is 4.00. The van der Waals surface area contributed by atoms with Crippen molar-refractivity contribution in [1.82, 2.24) is 0 Å². The highest BCUT2D eigenvalue weighted by Gasteiger charge is 2.32. The van der Waals surface area contributed by atoms with Gasteiger partial charge in [0.25, 0.3) is 5.91 Å². The van der Waals surface area contributed by atoms with Crippen molar-refractivity contribution in [1.29, 1.82) is 0 Å². The zero-order valence-corrected chi connectivity index (χ0v) is 14.5. The number of carbonyl (C=O) groups is 2. The summed E-state index contributed by atoms with van der Waals surface area (Å²) in [6, 6.07) is 14.8. The Kier molecular flexibility index (Phi) is 4.61. The number of ether oxygens (including phenoxy) is 1. The van der Waals surface area contributed by atoms with E-state index in [0.717, 1.165) is 11.4 Å². The van der Waals surface area contributed by atoms with E-state index in [1.54, 1.807) is 18.2 Å². The summed E-state index contributed by atoms with van der Waals surface area (Å²) in [7, 11) is 1.61. The largest absolute Gasteiger partial charge is 0.497 e. The van der Waals surface area contributed by atoms with Crippen LogP contribution in [0.5, 0.6) is 5.75 Å². The lowest BCUT2D eigenvalue weighted by molar-refractivity contribution is -0.125. The van der Waals surface area contributed by atoms with Gasteiger partial charge in [0.15, 0.2) is 0 Å². The zero-order chi connectivity index (χ0) is 18.0. The van der Waals surface area contributed by atoms with E-state index in [2.05, 4.69) is 5.32 Å². The lowest BCUT2D eigenvalue weighted by atomic mass is 10.2. The maximum atomic E-state index is 12.8. The highest BCUT2D eigenvalue weighted by molar-refractivity contribution is 6.15. The van der Waals surface area contributed by atoms with Crippen LogP contribution >= 0.6 is 0 Å². The first-order chi connectivity index (χ1) is 12.0. The van der Waals surface area contributed by atoms with E-state index >= 15 is 0 Å². The van der Waals surface area contributed by atoms with E-state index in [1.165, 1.54) is 0 Å². The van der Waals surface area contributed by atoms with Crippen molar-refractivity contribution in [3.63, 3.8) is 0 Å². The molecule has 25 heavy (non-hydrogen) atoms. The number of anilines is 3. The Morgan fingerprint density at radius 3 is 2.40 bits per heavy atom. The van der Waals surface area contributed by atoms with Crippen molar-refractivity contribution in [3.05, 3.63) is 48.5 Å². The number of fused-ring (bicyclic) bond motifs is 1. The summed E-state index contributed by atoms with van der Waals surface area (Å²) in [5.41, 5.74) is 2.12. The lowest BCUT2D eigenvalue weighted by Gasteiger charge is -2.39. The Hall–Kier alpha value is -3.02. The molecule has 2 aromatic carbocycles. The van der Waals surface area contributed by atoms with E-state index in [-0.39, 0.29) is 24.3 Å². The highest BCUT2D eigenvalue weighted by Crippen LogP contribution is 2.34. The fraction of sp³-hybridized carbons (Fsp3) is 0.263. The van der Waals surface area contributed by atoms with Crippen LogP contribution in [0.25, 0.3) is 0 Å². The number of nitrogens with zero attached hydrogens (tertiary/aromatic N) is 2. The highest BCUT2D eigenvalue weighted by atomic mass is 16.5. The van der Waals surface area contributed by atoms with Crippen LogP contribution < -0.4 is 20.1 Å². The van der Waals surface area contributed by atoms with Gasteiger partial charge in [-0.1, -0.05) is 12.1 Å². The second-order valence-electron chi connectivity index (χ2n) is 6.08. The molecule has 3 rings (SSSR count). The summed E-state index contributed by atoms with van der Waals surface area (Å²) in [5.74, 6) is 0.164. The Bertz CT molecular complexity index is 787. The standard InChI is InChI=1S/C19H21N3O3/c1-13(2)21(14-8-10-15(25-3)11-9-14)22-17-7-5-4-6-16(17)20-18(23)12-19(22)24/h4-11,13H,12H2,1-3H3,(H,20,23). The molecule has 2 aromatic rings. The molecule has 0 spiro atoms. The second kappa shape index (κ2) is 6.84. The number of hydrogen-bond donors (Lipinski definition) is 1. The molecule has 0 fully saturated rings. The number of para-hydroxylation sites is 2. The van der Waals surface area contributed by atoms with Crippen molar-refractivity contribution < 1.29 is 14.3 Å². The maximum Gasteiger partial charge on any atom is 0.255 e. The molecule has 0 aliphatic carbocycles. The van der Waals surface area contributed by atoms with Gasteiger partial charge in [-0.2, -0.15) is 0 Å². The number of rotatable bonds is 4. The Morgan fingerprint density at radius 2 is 1.76 bits per heavy atom. The predicted octanol–water partition coefficient (Wildman–Crippen LogP) is 3.20. The molecule has 2 amide bonds. The average molecular weight is 339 g/mol. The van der Waals surface area contributed by atoms with Gasteiger partial charge in [0.1, 0.15) is 12.2 Å². The first-order valence-electron chi connectivity index (χ1n) is 8.16. The minimum absolute atomic E-state index is 0.00129. The van der Waals surface area contributed by atoms with Crippen LogP contribution in [0.3, 0.4) is 0 Å². The van der Waals surface area contributed by atoms with Crippen LogP contribution in [0.15, 0.2) is 48.5 Å². The van der Waals surface area contributed by atoms with Gasteiger partial charge in [-0.15, -0.1) is 0 Å². The monoisotopic (exact) mass is 339 g/mol. The molecule has 1 N–H and O–H groups in total. The second-order valence-corrected chi connectivity index (χ2v) is 6.08. The van der Waals surface area contributed by atoms with Crippen LogP contribution in [0.4, 0.5) is 17.1 Å². The van der Waals surface area contributed by atoms with Gasteiger partial charge < -0.3 is 10.1 Å². The molecule has 0 unspecified atom stereocenters. The summed E-state index contributed by atoms with van der Waals surface area (Å²) in [5, 5.41) is 6.27. The Balaban J connectivity index is 2.10. The van der Waals surface area contributed by atoms with Crippen molar-refractivity contribution in [2.75, 3.05) is 22.4 Å². The third kappa shape index (κ3) is 3.28.